The van der Waals surface area contributed by atoms with Gasteiger partial charge in [0.2, 0.25) is 5.91 Å². The second-order valence-corrected chi connectivity index (χ2v) is 12.0. The number of carbonyl (C=O) groups excluding carboxylic acids is 3. The van der Waals surface area contributed by atoms with Crippen LogP contribution in [-0.4, -0.2) is 59.6 Å². The van der Waals surface area contributed by atoms with Crippen molar-refractivity contribution in [2.75, 3.05) is 37.6 Å². The number of thioether (sulfide) groups is 1. The van der Waals surface area contributed by atoms with Crippen molar-refractivity contribution in [2.24, 2.45) is 0 Å². The first-order chi connectivity index (χ1) is 20.9. The molecule has 2 fully saturated rings. The van der Waals surface area contributed by atoms with E-state index in [1.165, 1.54) is 0 Å². The summed E-state index contributed by atoms with van der Waals surface area (Å²) >= 11 is 13.9. The summed E-state index contributed by atoms with van der Waals surface area (Å²) in [5.74, 6) is -0.440. The van der Waals surface area contributed by atoms with Crippen molar-refractivity contribution in [3.8, 4) is 5.75 Å². The summed E-state index contributed by atoms with van der Waals surface area (Å²) in [5.41, 5.74) is 2.65. The molecule has 43 heavy (non-hydrogen) atoms. The molecule has 0 radical (unpaired) electrons. The van der Waals surface area contributed by atoms with Crippen molar-refractivity contribution in [3.05, 3.63) is 111 Å². The molecule has 218 valence electrons. The van der Waals surface area contributed by atoms with Gasteiger partial charge >= 0.3 is 0 Å². The molecule has 0 unspecified atom stereocenters. The van der Waals surface area contributed by atoms with Crippen LogP contribution in [0, 0.1) is 0 Å². The van der Waals surface area contributed by atoms with E-state index in [-0.39, 0.29) is 34.0 Å². The topological polar surface area (TPSA) is 70.2 Å². The van der Waals surface area contributed by atoms with Gasteiger partial charge in [-0.15, -0.1) is 0 Å². The van der Waals surface area contributed by atoms with Gasteiger partial charge in [0, 0.05) is 31.9 Å². The van der Waals surface area contributed by atoms with E-state index in [0.717, 1.165) is 38.7 Å². The lowest BCUT2D eigenvalue weighted by molar-refractivity contribution is -0.136. The summed E-state index contributed by atoms with van der Waals surface area (Å²) in [6, 6.07) is 27.3. The lowest BCUT2D eigenvalue weighted by Crippen LogP contribution is -2.51. The molecule has 0 N–H and O–H groups in total. The molecule has 0 aliphatic carbocycles. The molecule has 6 rings (SSSR count). The lowest BCUT2D eigenvalue weighted by Gasteiger charge is -2.36. The Kier molecular flexibility index (Phi) is 8.61. The predicted octanol–water partition coefficient (Wildman–Crippen LogP) is 7.11. The molecular weight excluding hydrogens is 605 g/mol. The largest absolute Gasteiger partial charge is 0.486 e. The molecule has 2 saturated heterocycles. The van der Waals surface area contributed by atoms with Crippen LogP contribution in [0.25, 0.3) is 16.8 Å². The van der Waals surface area contributed by atoms with Gasteiger partial charge < -0.3 is 14.5 Å². The number of hydrogen-bond acceptors (Lipinski definition) is 6. The number of piperazine rings is 1. The number of anilines is 1. The van der Waals surface area contributed by atoms with Gasteiger partial charge in [0.25, 0.3) is 11.1 Å². The Labute approximate surface area is 263 Å². The van der Waals surface area contributed by atoms with Gasteiger partial charge in [-0.3, -0.25) is 19.3 Å². The number of carbonyl (C=O) groups is 3. The van der Waals surface area contributed by atoms with Crippen LogP contribution >= 0.6 is 35.0 Å². The molecule has 3 amide bonds. The zero-order chi connectivity index (χ0) is 29.9. The minimum atomic E-state index is -0.519. The Morgan fingerprint density at radius 3 is 2.28 bits per heavy atom. The third-order valence-corrected chi connectivity index (χ3v) is 8.96. The van der Waals surface area contributed by atoms with Crippen LogP contribution in [0.15, 0.2) is 89.8 Å². The Bertz CT molecular complexity index is 1710. The van der Waals surface area contributed by atoms with E-state index in [9.17, 15) is 14.4 Å². The van der Waals surface area contributed by atoms with Gasteiger partial charge in [-0.2, -0.15) is 0 Å². The van der Waals surface area contributed by atoms with Crippen molar-refractivity contribution in [1.82, 2.24) is 9.80 Å². The van der Waals surface area contributed by atoms with Crippen LogP contribution in [0.1, 0.15) is 11.1 Å². The first-order valence-electron chi connectivity index (χ1n) is 13.8. The third-order valence-electron chi connectivity index (χ3n) is 7.49. The summed E-state index contributed by atoms with van der Waals surface area (Å²) < 4.78 is 6.01. The summed E-state index contributed by atoms with van der Waals surface area (Å²) in [7, 11) is 0. The van der Waals surface area contributed by atoms with E-state index in [1.807, 2.05) is 72.8 Å². The number of halogens is 2. The second-order valence-electron chi connectivity index (χ2n) is 10.2. The van der Waals surface area contributed by atoms with Crippen molar-refractivity contribution in [2.45, 2.75) is 6.61 Å². The molecule has 7 nitrogen and oxygen atoms in total. The number of rotatable bonds is 7. The smallest absolute Gasteiger partial charge is 0.294 e. The van der Waals surface area contributed by atoms with Gasteiger partial charge in [0.1, 0.15) is 13.2 Å². The number of nitrogens with zero attached hydrogens (tertiary/aromatic N) is 3. The highest BCUT2D eigenvalue weighted by Crippen LogP contribution is 2.38. The summed E-state index contributed by atoms with van der Waals surface area (Å²) in [6.45, 7) is 2.38. The zero-order valence-electron chi connectivity index (χ0n) is 23.0. The Hall–Kier alpha value is -3.98. The molecule has 0 atom stereocenters. The quantitative estimate of drug-likeness (QED) is 0.202. The van der Waals surface area contributed by atoms with Crippen LogP contribution in [0.3, 0.4) is 0 Å². The molecule has 0 saturated carbocycles. The van der Waals surface area contributed by atoms with E-state index in [2.05, 4.69) is 4.90 Å². The number of hydrogen-bond donors (Lipinski definition) is 0. The molecule has 4 aromatic rings. The van der Waals surface area contributed by atoms with E-state index in [1.54, 1.807) is 23.1 Å². The highest BCUT2D eigenvalue weighted by Gasteiger charge is 2.37. The molecule has 0 aromatic heterocycles. The number of amides is 3. The summed E-state index contributed by atoms with van der Waals surface area (Å²) in [5, 5.41) is 2.26. The highest BCUT2D eigenvalue weighted by molar-refractivity contribution is 8.18. The fourth-order valence-corrected chi connectivity index (χ4v) is 6.70. The van der Waals surface area contributed by atoms with Gasteiger partial charge in [0.05, 0.1) is 15.0 Å². The van der Waals surface area contributed by atoms with E-state index >= 15 is 0 Å². The van der Waals surface area contributed by atoms with Gasteiger partial charge in [0.15, 0.2) is 5.75 Å². The van der Waals surface area contributed by atoms with E-state index in [4.69, 9.17) is 27.9 Å². The number of ether oxygens (including phenoxy) is 1. The number of benzene rings is 4. The van der Waals surface area contributed by atoms with Crippen LogP contribution in [0.2, 0.25) is 10.0 Å². The van der Waals surface area contributed by atoms with E-state index < -0.39 is 11.1 Å². The first kappa shape index (κ1) is 29.1. The van der Waals surface area contributed by atoms with Crippen molar-refractivity contribution < 1.29 is 19.1 Å². The Balaban J connectivity index is 1.09. The standard InChI is InChI=1S/C33H27Cl2N3O4S/c34-27-17-22(18-28(35)31(27)42-21-24-9-6-8-23-7-4-5-12-26(23)24)19-29-32(40)38(33(41)43-29)20-30(39)37-15-13-36(14-16-37)25-10-2-1-3-11-25/h1-12,17-19H,13-16,20-21H2/b29-19+. The van der Waals surface area contributed by atoms with Crippen LogP contribution in [0.4, 0.5) is 10.5 Å². The average molecular weight is 633 g/mol. The van der Waals surface area contributed by atoms with Crippen LogP contribution in [-0.2, 0) is 16.2 Å². The third kappa shape index (κ3) is 6.37. The minimum Gasteiger partial charge on any atom is -0.486 e. The monoisotopic (exact) mass is 631 g/mol. The Morgan fingerprint density at radius 2 is 1.53 bits per heavy atom. The fraction of sp³-hybridized carbons (Fsp3) is 0.182. The molecule has 0 bridgehead atoms. The van der Waals surface area contributed by atoms with Gasteiger partial charge in [-0.1, -0.05) is 83.9 Å². The number of fused-ring (bicyclic) bond motifs is 1. The first-order valence-corrected chi connectivity index (χ1v) is 15.4. The van der Waals surface area contributed by atoms with Gasteiger partial charge in [-0.25, -0.2) is 0 Å². The molecule has 2 aliphatic heterocycles. The van der Waals surface area contributed by atoms with Gasteiger partial charge in [-0.05, 0) is 64.0 Å². The second kappa shape index (κ2) is 12.7. The number of imide groups is 1. The SMILES string of the molecule is O=C(CN1C(=O)S/C(=C/c2cc(Cl)c(OCc3cccc4ccccc34)c(Cl)c2)C1=O)N1CCN(c2ccccc2)CC1. The molecule has 4 aromatic carbocycles. The van der Waals surface area contributed by atoms with Crippen LogP contribution in [0.5, 0.6) is 5.75 Å². The Morgan fingerprint density at radius 1 is 0.860 bits per heavy atom. The molecule has 10 heteroatoms. The average Bonchev–Trinajstić information content (AvgIpc) is 3.28. The molecular formula is C33H27Cl2N3O4S. The van der Waals surface area contributed by atoms with E-state index in [0.29, 0.717) is 37.5 Å². The molecule has 0 spiro atoms. The maximum Gasteiger partial charge on any atom is 0.294 e. The molecule has 2 heterocycles. The maximum absolute atomic E-state index is 13.1. The lowest BCUT2D eigenvalue weighted by atomic mass is 10.1. The normalized spacial score (nSPS) is 16.4. The predicted molar refractivity (Wildman–Crippen MR) is 173 cm³/mol. The fourth-order valence-electron chi connectivity index (χ4n) is 5.24. The zero-order valence-corrected chi connectivity index (χ0v) is 25.4. The minimum absolute atomic E-state index is 0.197. The van der Waals surface area contributed by atoms with Crippen LogP contribution < -0.4 is 9.64 Å². The maximum atomic E-state index is 13.1. The molecule has 2 aliphatic rings. The van der Waals surface area contributed by atoms with Crippen molar-refractivity contribution in [3.63, 3.8) is 0 Å². The van der Waals surface area contributed by atoms with Crippen molar-refractivity contribution in [1.29, 1.82) is 0 Å². The highest BCUT2D eigenvalue weighted by atomic mass is 35.5. The number of para-hydroxylation sites is 1. The summed E-state index contributed by atoms with van der Waals surface area (Å²) in [6.07, 6.45) is 1.56. The summed E-state index contributed by atoms with van der Waals surface area (Å²) in [4.78, 5) is 43.9. The van der Waals surface area contributed by atoms with Crippen molar-refractivity contribution >= 4 is 74.6 Å².